The summed E-state index contributed by atoms with van der Waals surface area (Å²) in [5.41, 5.74) is 4.69. The van der Waals surface area contributed by atoms with Crippen LogP contribution in [0.15, 0.2) is 59.9 Å². The number of alkyl halides is 3. The predicted octanol–water partition coefficient (Wildman–Crippen LogP) is 2.64. The topological polar surface area (TPSA) is 116 Å². The Hall–Kier alpha value is -2.37. The Morgan fingerprint density at radius 2 is 1.88 bits per heavy atom. The first-order valence-corrected chi connectivity index (χ1v) is 8.29. The fourth-order valence-corrected chi connectivity index (χ4v) is 2.33. The average molecular weight is 412 g/mol. The summed E-state index contributed by atoms with van der Waals surface area (Å²) in [5, 5.41) is 13.7. The molecule has 0 radical (unpaired) electrons. The van der Waals surface area contributed by atoms with E-state index in [4.69, 9.17) is 45.8 Å². The van der Waals surface area contributed by atoms with Gasteiger partial charge in [-0.05, 0) is 24.3 Å². The Balaban J connectivity index is 2.48. The van der Waals surface area contributed by atoms with Gasteiger partial charge in [-0.15, -0.1) is 0 Å². The number of nitrogens with one attached hydrogen (secondary N) is 2. The standard InChI is InChI=1S/C16H13Cl3N6O/c17-16(18,19)15(21,25-13(26)11-5-2-1-3-6-11)14(23-10-20)24-12-7-4-8-22-9-12/h1-9H,21H2,(H,23,24)(H,25,26). The molecule has 1 heterocycles. The molecule has 10 heteroatoms. The monoisotopic (exact) mass is 410 g/mol. The summed E-state index contributed by atoms with van der Waals surface area (Å²) < 4.78 is -2.23. The Morgan fingerprint density at radius 3 is 2.42 bits per heavy atom. The number of amidine groups is 1. The fraction of sp³-hybridized carbons (Fsp3) is 0.125. The number of benzene rings is 1. The van der Waals surface area contributed by atoms with Gasteiger partial charge in [-0.1, -0.05) is 53.0 Å². The Bertz CT molecular complexity index is 833. The number of pyridine rings is 1. The van der Waals surface area contributed by atoms with Crippen LogP contribution >= 0.6 is 34.8 Å². The van der Waals surface area contributed by atoms with Crippen molar-refractivity contribution in [3.63, 3.8) is 0 Å². The van der Waals surface area contributed by atoms with E-state index < -0.39 is 15.4 Å². The molecule has 0 spiro atoms. The van der Waals surface area contributed by atoms with E-state index in [1.165, 1.54) is 12.4 Å². The smallest absolute Gasteiger partial charge is 0.253 e. The summed E-state index contributed by atoms with van der Waals surface area (Å²) in [4.78, 5) is 20.6. The van der Waals surface area contributed by atoms with Gasteiger partial charge in [0.1, 0.15) is 0 Å². The lowest BCUT2D eigenvalue weighted by Crippen LogP contribution is -2.71. The largest absolute Gasteiger partial charge is 0.324 e. The van der Waals surface area contributed by atoms with Crippen molar-refractivity contribution in [1.29, 1.82) is 5.26 Å². The molecule has 1 amide bonds. The second kappa shape index (κ2) is 8.34. The summed E-state index contributed by atoms with van der Waals surface area (Å²) in [5.74, 6) is -0.879. The first-order chi connectivity index (χ1) is 12.3. The van der Waals surface area contributed by atoms with Gasteiger partial charge in [0.25, 0.3) is 5.91 Å². The molecule has 1 atom stereocenters. The minimum absolute atomic E-state index is 0.266. The molecule has 26 heavy (non-hydrogen) atoms. The van der Waals surface area contributed by atoms with E-state index in [-0.39, 0.29) is 11.4 Å². The van der Waals surface area contributed by atoms with Crippen molar-refractivity contribution in [2.75, 3.05) is 0 Å². The molecule has 4 N–H and O–H groups in total. The van der Waals surface area contributed by atoms with E-state index in [0.29, 0.717) is 5.69 Å². The van der Waals surface area contributed by atoms with E-state index in [2.05, 4.69) is 20.6 Å². The molecule has 1 unspecified atom stereocenters. The molecule has 2 aromatic rings. The van der Waals surface area contributed by atoms with Gasteiger partial charge in [-0.25, -0.2) is 4.99 Å². The number of nitrogens with zero attached hydrogens (tertiary/aromatic N) is 3. The lowest BCUT2D eigenvalue weighted by Gasteiger charge is -2.36. The molecule has 134 valence electrons. The molecule has 0 aliphatic rings. The van der Waals surface area contributed by atoms with Gasteiger partial charge >= 0.3 is 0 Å². The van der Waals surface area contributed by atoms with Crippen LogP contribution in [0.2, 0.25) is 0 Å². The van der Waals surface area contributed by atoms with Crippen LogP contribution in [0.3, 0.4) is 0 Å². The van der Waals surface area contributed by atoms with Gasteiger partial charge in [0.2, 0.25) is 3.79 Å². The third-order valence-corrected chi connectivity index (χ3v) is 4.12. The molecule has 0 aliphatic carbocycles. The van der Waals surface area contributed by atoms with Crippen molar-refractivity contribution < 1.29 is 4.79 Å². The number of carbonyl (C=O) groups is 1. The molecule has 0 aliphatic heterocycles. The third-order valence-electron chi connectivity index (χ3n) is 3.23. The molecule has 0 fully saturated rings. The minimum Gasteiger partial charge on any atom is -0.324 e. The number of halogens is 3. The number of amides is 1. The highest BCUT2D eigenvalue weighted by atomic mass is 35.6. The van der Waals surface area contributed by atoms with Crippen LogP contribution in [0.1, 0.15) is 10.4 Å². The number of hydrogen-bond acceptors (Lipinski definition) is 5. The summed E-state index contributed by atoms with van der Waals surface area (Å²) >= 11 is 18.0. The Morgan fingerprint density at radius 1 is 1.19 bits per heavy atom. The normalized spacial score (nSPS) is 14.0. The highest BCUT2D eigenvalue weighted by Gasteiger charge is 2.51. The highest BCUT2D eigenvalue weighted by molar-refractivity contribution is 6.69. The maximum absolute atomic E-state index is 12.5. The number of hydrogen-bond donors (Lipinski definition) is 3. The van der Waals surface area contributed by atoms with Gasteiger partial charge in [0.05, 0.1) is 11.9 Å². The molecule has 0 bridgehead atoms. The maximum Gasteiger partial charge on any atom is 0.253 e. The Kier molecular flexibility index (Phi) is 6.40. The minimum atomic E-state index is -2.23. The first kappa shape index (κ1) is 19.9. The number of nitrogens with two attached hydrogens (primary N) is 1. The van der Waals surface area contributed by atoms with Crippen molar-refractivity contribution in [2.24, 2.45) is 10.7 Å². The summed E-state index contributed by atoms with van der Waals surface area (Å²) in [6.45, 7) is 0. The molecular formula is C16H13Cl3N6O. The highest BCUT2D eigenvalue weighted by Crippen LogP contribution is 2.36. The second-order valence-corrected chi connectivity index (χ2v) is 7.32. The van der Waals surface area contributed by atoms with Crippen molar-refractivity contribution in [2.45, 2.75) is 9.46 Å². The number of nitriles is 1. The van der Waals surface area contributed by atoms with E-state index >= 15 is 0 Å². The maximum atomic E-state index is 12.5. The molecule has 2 rings (SSSR count). The zero-order valence-corrected chi connectivity index (χ0v) is 15.4. The Labute approximate surface area is 164 Å². The predicted molar refractivity (Wildman–Crippen MR) is 101 cm³/mol. The van der Waals surface area contributed by atoms with Crippen LogP contribution in [-0.4, -0.2) is 26.2 Å². The summed E-state index contributed by atoms with van der Waals surface area (Å²) in [6, 6.07) is 11.4. The molecule has 1 aromatic carbocycles. The summed E-state index contributed by atoms with van der Waals surface area (Å²) in [7, 11) is 0. The van der Waals surface area contributed by atoms with E-state index in [1.54, 1.807) is 48.7 Å². The number of aliphatic imine (C=N–C) groups is 1. The van der Waals surface area contributed by atoms with E-state index in [9.17, 15) is 4.79 Å². The van der Waals surface area contributed by atoms with E-state index in [0.717, 1.165) is 0 Å². The quantitative estimate of drug-likeness (QED) is 0.179. The lowest BCUT2D eigenvalue weighted by atomic mass is 10.1. The van der Waals surface area contributed by atoms with Crippen molar-refractivity contribution >= 4 is 52.2 Å². The van der Waals surface area contributed by atoms with Gasteiger partial charge in [-0.3, -0.25) is 20.8 Å². The second-order valence-electron chi connectivity index (χ2n) is 5.03. The molecule has 0 saturated carbocycles. The zero-order valence-electron chi connectivity index (χ0n) is 13.2. The van der Waals surface area contributed by atoms with Crippen molar-refractivity contribution in [1.82, 2.24) is 15.6 Å². The summed E-state index contributed by atoms with van der Waals surface area (Å²) in [6.07, 6.45) is 4.62. The third kappa shape index (κ3) is 4.62. The van der Waals surface area contributed by atoms with Gasteiger partial charge < -0.3 is 5.32 Å². The SMILES string of the molecule is N#CNC(=Nc1cccnc1)C(N)(NC(=O)c1ccccc1)C(Cl)(Cl)Cl. The molecule has 7 nitrogen and oxygen atoms in total. The van der Waals surface area contributed by atoms with Gasteiger partial charge in [0, 0.05) is 11.8 Å². The van der Waals surface area contributed by atoms with Crippen LogP contribution in [0.4, 0.5) is 5.69 Å². The van der Waals surface area contributed by atoms with Crippen LogP contribution in [0, 0.1) is 11.5 Å². The van der Waals surface area contributed by atoms with E-state index in [1.807, 2.05) is 0 Å². The van der Waals surface area contributed by atoms with Crippen molar-refractivity contribution in [3.05, 3.63) is 60.4 Å². The molecule has 1 aromatic heterocycles. The average Bonchev–Trinajstić information content (AvgIpc) is 2.62. The van der Waals surface area contributed by atoms with Gasteiger partial charge in [0.15, 0.2) is 17.7 Å². The zero-order chi connectivity index (χ0) is 19.2. The van der Waals surface area contributed by atoms with Crippen LogP contribution < -0.4 is 16.4 Å². The number of rotatable bonds is 4. The van der Waals surface area contributed by atoms with Crippen LogP contribution in [-0.2, 0) is 0 Å². The molecular weight excluding hydrogens is 399 g/mol. The van der Waals surface area contributed by atoms with Crippen LogP contribution in [0.25, 0.3) is 0 Å². The fourth-order valence-electron chi connectivity index (χ4n) is 1.92. The number of carbonyl (C=O) groups excluding carboxylic acids is 1. The van der Waals surface area contributed by atoms with Crippen LogP contribution in [0.5, 0.6) is 0 Å². The molecule has 0 saturated heterocycles. The van der Waals surface area contributed by atoms with Gasteiger partial charge in [-0.2, -0.15) is 5.26 Å². The van der Waals surface area contributed by atoms with Crippen molar-refractivity contribution in [3.8, 4) is 6.19 Å². The lowest BCUT2D eigenvalue weighted by molar-refractivity contribution is 0.0924. The number of aromatic nitrogens is 1. The first-order valence-electron chi connectivity index (χ1n) is 7.15.